The van der Waals surface area contributed by atoms with Crippen molar-refractivity contribution in [1.82, 2.24) is 9.13 Å². The van der Waals surface area contributed by atoms with E-state index in [-0.39, 0.29) is 0 Å². The summed E-state index contributed by atoms with van der Waals surface area (Å²) in [5.41, 5.74) is 7.28. The zero-order chi connectivity index (χ0) is 32.4. The zero-order valence-electron chi connectivity index (χ0n) is 26.0. The van der Waals surface area contributed by atoms with Crippen LogP contribution in [0.1, 0.15) is 25.0 Å². The number of aromatic nitrogens is 2. The molecule has 0 aliphatic carbocycles. The lowest BCUT2D eigenvalue weighted by Crippen LogP contribution is -2.19. The van der Waals surface area contributed by atoms with Crippen molar-refractivity contribution >= 4 is 39.2 Å². The number of nitriles is 2. The quantitative estimate of drug-likeness (QED) is 0.180. The third-order valence-electron chi connectivity index (χ3n) is 8.19. The van der Waals surface area contributed by atoms with Crippen LogP contribution >= 0.6 is 0 Å². The Balaban J connectivity index is 1.30. The molecule has 4 aromatic carbocycles. The molecule has 2 heterocycles. The third-order valence-corrected chi connectivity index (χ3v) is 8.19. The van der Waals surface area contributed by atoms with Crippen LogP contribution in [0, 0.1) is 22.7 Å². The van der Waals surface area contributed by atoms with Crippen molar-refractivity contribution < 1.29 is 14.3 Å². The van der Waals surface area contributed by atoms with Crippen LogP contribution in [-0.4, -0.2) is 29.4 Å². The summed E-state index contributed by atoms with van der Waals surface area (Å²) in [4.78, 5) is 13.2. The highest BCUT2D eigenvalue weighted by atomic mass is 16.5. The zero-order valence-corrected chi connectivity index (χ0v) is 26.0. The molecular weight excluding hydrogens is 576 g/mol. The maximum absolute atomic E-state index is 13.2. The summed E-state index contributed by atoms with van der Waals surface area (Å²) in [6.07, 6.45) is 0. The number of carbonyl (C=O) groups is 1. The molecular formula is C37H32N6O3. The van der Waals surface area contributed by atoms with Crippen molar-refractivity contribution in [3.05, 3.63) is 96.1 Å². The Bertz CT molecular complexity index is 2060. The molecule has 2 amide bonds. The summed E-state index contributed by atoms with van der Waals surface area (Å²) in [7, 11) is 3.24. The first-order chi connectivity index (χ1) is 22.4. The van der Waals surface area contributed by atoms with Gasteiger partial charge in [-0.05, 0) is 62.4 Å². The maximum atomic E-state index is 13.2. The van der Waals surface area contributed by atoms with Gasteiger partial charge in [-0.2, -0.15) is 10.5 Å². The molecule has 2 N–H and O–H groups in total. The average molecular weight is 609 g/mol. The van der Waals surface area contributed by atoms with Gasteiger partial charge in [-0.25, -0.2) is 4.79 Å². The van der Waals surface area contributed by atoms with Crippen molar-refractivity contribution in [2.24, 2.45) is 0 Å². The number of methoxy groups -OCH3 is 2. The van der Waals surface area contributed by atoms with E-state index < -0.39 is 6.03 Å². The van der Waals surface area contributed by atoms with Gasteiger partial charge in [0.2, 0.25) is 0 Å². The SMILES string of the molecule is CCn1c(-c2cccc(NC(=O)Nc3cccc(-c4c(C#N)c5ccc(OC)cc5n4CC)c3)c2)c(C#N)c2ccc(OC)cc21. The molecule has 6 rings (SSSR count). The number of nitrogens with one attached hydrogen (secondary N) is 2. The van der Waals surface area contributed by atoms with Gasteiger partial charge in [0.1, 0.15) is 23.6 Å². The van der Waals surface area contributed by atoms with Gasteiger partial charge in [-0.15, -0.1) is 0 Å². The number of fused-ring (bicyclic) bond motifs is 2. The molecule has 2 aromatic heterocycles. The van der Waals surface area contributed by atoms with Gasteiger partial charge in [0, 0.05) is 58.5 Å². The van der Waals surface area contributed by atoms with Crippen LogP contribution in [0.5, 0.6) is 11.5 Å². The van der Waals surface area contributed by atoms with Gasteiger partial charge in [-0.1, -0.05) is 24.3 Å². The van der Waals surface area contributed by atoms with E-state index in [4.69, 9.17) is 9.47 Å². The number of urea groups is 1. The number of hydrogen-bond donors (Lipinski definition) is 2. The Morgan fingerprint density at radius 3 is 1.48 bits per heavy atom. The van der Waals surface area contributed by atoms with E-state index in [0.29, 0.717) is 47.1 Å². The molecule has 9 nitrogen and oxygen atoms in total. The second-order valence-corrected chi connectivity index (χ2v) is 10.7. The molecule has 0 unspecified atom stereocenters. The van der Waals surface area contributed by atoms with Gasteiger partial charge >= 0.3 is 6.03 Å². The predicted octanol–water partition coefficient (Wildman–Crippen LogP) is 8.37. The van der Waals surface area contributed by atoms with Crippen LogP contribution in [-0.2, 0) is 13.1 Å². The number of rotatable bonds is 8. The Morgan fingerprint density at radius 1 is 0.674 bits per heavy atom. The lowest BCUT2D eigenvalue weighted by Gasteiger charge is -2.13. The number of amides is 2. The molecule has 0 aliphatic rings. The number of nitrogens with zero attached hydrogens (tertiary/aromatic N) is 4. The maximum Gasteiger partial charge on any atom is 0.323 e. The van der Waals surface area contributed by atoms with E-state index in [1.165, 1.54) is 0 Å². The Morgan fingerprint density at radius 2 is 1.11 bits per heavy atom. The lowest BCUT2D eigenvalue weighted by atomic mass is 10.1. The highest BCUT2D eigenvalue weighted by molar-refractivity contribution is 6.02. The highest BCUT2D eigenvalue weighted by Crippen LogP contribution is 2.37. The fourth-order valence-corrected chi connectivity index (χ4v) is 6.18. The molecule has 0 bridgehead atoms. The van der Waals surface area contributed by atoms with E-state index in [1.807, 2.05) is 86.6 Å². The topological polar surface area (TPSA) is 117 Å². The first kappa shape index (κ1) is 29.9. The summed E-state index contributed by atoms with van der Waals surface area (Å²) in [6.45, 7) is 5.35. The molecule has 0 atom stereocenters. The van der Waals surface area contributed by atoms with Crippen LogP contribution in [0.3, 0.4) is 0 Å². The smallest absolute Gasteiger partial charge is 0.323 e. The van der Waals surface area contributed by atoms with Crippen LogP contribution < -0.4 is 20.1 Å². The summed E-state index contributed by atoms with van der Waals surface area (Å²) < 4.78 is 15.0. The molecule has 0 fully saturated rings. The van der Waals surface area contributed by atoms with E-state index in [9.17, 15) is 15.3 Å². The van der Waals surface area contributed by atoms with Gasteiger partial charge in [0.05, 0.1) is 47.8 Å². The van der Waals surface area contributed by atoms with E-state index in [0.717, 1.165) is 44.3 Å². The summed E-state index contributed by atoms with van der Waals surface area (Å²) in [6, 6.07) is 30.6. The van der Waals surface area contributed by atoms with Gasteiger partial charge in [-0.3, -0.25) is 0 Å². The number of ether oxygens (including phenoxy) is 2. The van der Waals surface area contributed by atoms with Crippen molar-refractivity contribution in [3.63, 3.8) is 0 Å². The normalized spacial score (nSPS) is 10.8. The minimum atomic E-state index is -0.420. The fourth-order valence-electron chi connectivity index (χ4n) is 6.18. The molecule has 0 radical (unpaired) electrons. The molecule has 46 heavy (non-hydrogen) atoms. The molecule has 0 spiro atoms. The van der Waals surface area contributed by atoms with Gasteiger partial charge < -0.3 is 29.2 Å². The summed E-state index contributed by atoms with van der Waals surface area (Å²) in [5, 5.41) is 27.8. The highest BCUT2D eigenvalue weighted by Gasteiger charge is 2.21. The number of aryl methyl sites for hydroxylation is 2. The van der Waals surface area contributed by atoms with Crippen LogP contribution in [0.4, 0.5) is 16.2 Å². The van der Waals surface area contributed by atoms with Crippen molar-refractivity contribution in [2.75, 3.05) is 24.9 Å². The largest absolute Gasteiger partial charge is 0.497 e. The standard InChI is InChI=1S/C37H32N6O3/c1-5-42-33-19-27(45-3)13-15-29(33)31(21-38)35(42)23-9-7-11-25(17-23)40-37(44)41-26-12-8-10-24(18-26)36-32(22-39)30-16-14-28(46-4)20-34(30)43(36)6-2/h7-20H,5-6H2,1-4H3,(H2,40,41,44). The second-order valence-electron chi connectivity index (χ2n) is 10.7. The fraction of sp³-hybridized carbons (Fsp3) is 0.162. The Hall–Kier alpha value is -6.19. The number of benzene rings is 4. The monoisotopic (exact) mass is 608 g/mol. The number of hydrogen-bond acceptors (Lipinski definition) is 5. The first-order valence-corrected chi connectivity index (χ1v) is 14.9. The molecule has 0 saturated carbocycles. The first-order valence-electron chi connectivity index (χ1n) is 14.9. The Labute approximate surface area is 266 Å². The molecule has 6 aromatic rings. The minimum Gasteiger partial charge on any atom is -0.497 e. The second kappa shape index (κ2) is 12.4. The van der Waals surface area contributed by atoms with E-state index in [2.05, 4.69) is 31.9 Å². The Kier molecular flexibility index (Phi) is 8.07. The van der Waals surface area contributed by atoms with E-state index in [1.54, 1.807) is 26.4 Å². The summed E-state index contributed by atoms with van der Waals surface area (Å²) in [5.74, 6) is 1.43. The van der Waals surface area contributed by atoms with Crippen LogP contribution in [0.15, 0.2) is 84.9 Å². The van der Waals surface area contributed by atoms with Gasteiger partial charge in [0.15, 0.2) is 0 Å². The third kappa shape index (κ3) is 5.14. The molecule has 9 heteroatoms. The van der Waals surface area contributed by atoms with Crippen molar-refractivity contribution in [2.45, 2.75) is 26.9 Å². The molecule has 228 valence electrons. The summed E-state index contributed by atoms with van der Waals surface area (Å²) >= 11 is 0. The van der Waals surface area contributed by atoms with Crippen LogP contribution in [0.25, 0.3) is 44.3 Å². The average Bonchev–Trinajstić information content (AvgIpc) is 3.59. The van der Waals surface area contributed by atoms with E-state index >= 15 is 0 Å². The lowest BCUT2D eigenvalue weighted by molar-refractivity contribution is 0.262. The van der Waals surface area contributed by atoms with Crippen molar-refractivity contribution in [1.29, 1.82) is 10.5 Å². The van der Waals surface area contributed by atoms with Gasteiger partial charge in [0.25, 0.3) is 0 Å². The molecule has 0 saturated heterocycles. The predicted molar refractivity (Wildman–Crippen MR) is 181 cm³/mol. The number of carbonyl (C=O) groups excluding carboxylic acids is 1. The van der Waals surface area contributed by atoms with Crippen LogP contribution in [0.2, 0.25) is 0 Å². The molecule has 0 aliphatic heterocycles. The minimum absolute atomic E-state index is 0.420. The van der Waals surface area contributed by atoms with Crippen molar-refractivity contribution in [3.8, 4) is 46.2 Å². The number of anilines is 2.